The van der Waals surface area contributed by atoms with Crippen LogP contribution in [0.15, 0.2) is 40.6 Å². The van der Waals surface area contributed by atoms with Gasteiger partial charge in [0.05, 0.1) is 29.6 Å². The quantitative estimate of drug-likeness (QED) is 0.899. The zero-order chi connectivity index (χ0) is 17.2. The van der Waals surface area contributed by atoms with Gasteiger partial charge in [0.1, 0.15) is 6.10 Å². The molecule has 3 rings (SSSR count). The van der Waals surface area contributed by atoms with Gasteiger partial charge in [-0.15, -0.1) is 11.3 Å². The van der Waals surface area contributed by atoms with Crippen LogP contribution in [0, 0.1) is 11.3 Å². The third-order valence-corrected chi connectivity index (χ3v) is 6.08. The zero-order valence-corrected chi connectivity index (χ0v) is 14.2. The standard InChI is InChI=1S/C16H14N2O4S2/c17-10-11-2-1-3-13(8-11)24(20,21)18-15(19)9-14-16-12(4-6-22-14)5-7-23-16/h1-3,5,7-8,14H,4,6,9H2,(H,18,19)/t14-/m0/s1. The van der Waals surface area contributed by atoms with Crippen LogP contribution in [-0.2, 0) is 26.0 Å². The first-order valence-electron chi connectivity index (χ1n) is 7.23. The van der Waals surface area contributed by atoms with E-state index in [1.54, 1.807) is 0 Å². The Kier molecular flexibility index (Phi) is 4.66. The summed E-state index contributed by atoms with van der Waals surface area (Å²) in [5.74, 6) is -0.636. The number of nitrogens with one attached hydrogen (secondary N) is 1. The maximum Gasteiger partial charge on any atom is 0.264 e. The summed E-state index contributed by atoms with van der Waals surface area (Å²) in [4.78, 5) is 13.0. The van der Waals surface area contributed by atoms with E-state index in [2.05, 4.69) is 0 Å². The number of ether oxygens (including phenoxy) is 1. The molecule has 0 saturated carbocycles. The van der Waals surface area contributed by atoms with Crippen LogP contribution >= 0.6 is 11.3 Å². The van der Waals surface area contributed by atoms with Crippen molar-refractivity contribution >= 4 is 27.3 Å². The number of benzene rings is 1. The Morgan fingerprint density at radius 1 is 1.42 bits per heavy atom. The predicted molar refractivity (Wildman–Crippen MR) is 87.8 cm³/mol. The third-order valence-electron chi connectivity index (χ3n) is 3.66. The predicted octanol–water partition coefficient (Wildman–Crippen LogP) is 2.13. The van der Waals surface area contributed by atoms with Gasteiger partial charge >= 0.3 is 0 Å². The Bertz CT molecular complexity index is 912. The smallest absolute Gasteiger partial charge is 0.264 e. The number of fused-ring (bicyclic) bond motifs is 1. The molecule has 1 aliphatic heterocycles. The van der Waals surface area contributed by atoms with Crippen molar-refractivity contribution in [3.05, 3.63) is 51.7 Å². The van der Waals surface area contributed by atoms with E-state index in [0.29, 0.717) is 6.61 Å². The van der Waals surface area contributed by atoms with E-state index in [1.165, 1.54) is 35.6 Å². The topological polar surface area (TPSA) is 96.3 Å². The molecule has 2 heterocycles. The van der Waals surface area contributed by atoms with Crippen LogP contribution in [0.4, 0.5) is 0 Å². The van der Waals surface area contributed by atoms with E-state index in [9.17, 15) is 13.2 Å². The fourth-order valence-electron chi connectivity index (χ4n) is 2.53. The minimum atomic E-state index is -4.01. The minimum absolute atomic E-state index is 0.0648. The molecule has 1 N–H and O–H groups in total. The molecule has 0 bridgehead atoms. The highest BCUT2D eigenvalue weighted by Crippen LogP contribution is 2.33. The minimum Gasteiger partial charge on any atom is -0.372 e. The first kappa shape index (κ1) is 16.6. The van der Waals surface area contributed by atoms with Crippen molar-refractivity contribution in [2.24, 2.45) is 0 Å². The van der Waals surface area contributed by atoms with E-state index in [1.807, 2.05) is 22.2 Å². The molecule has 124 valence electrons. The van der Waals surface area contributed by atoms with Gasteiger partial charge in [-0.1, -0.05) is 6.07 Å². The van der Waals surface area contributed by atoms with Gasteiger partial charge in [0.15, 0.2) is 0 Å². The van der Waals surface area contributed by atoms with Crippen molar-refractivity contribution in [1.29, 1.82) is 5.26 Å². The van der Waals surface area contributed by atoms with Crippen LogP contribution in [0.25, 0.3) is 0 Å². The molecule has 8 heteroatoms. The number of rotatable bonds is 4. The molecule has 0 saturated heterocycles. The molecule has 0 radical (unpaired) electrons. The summed E-state index contributed by atoms with van der Waals surface area (Å²) in [7, 11) is -4.01. The van der Waals surface area contributed by atoms with E-state index in [0.717, 1.165) is 16.9 Å². The normalized spacial score (nSPS) is 16.9. The maximum atomic E-state index is 12.3. The summed E-state index contributed by atoms with van der Waals surface area (Å²) >= 11 is 1.50. The lowest BCUT2D eigenvalue weighted by Crippen LogP contribution is -2.32. The largest absolute Gasteiger partial charge is 0.372 e. The van der Waals surface area contributed by atoms with Crippen molar-refractivity contribution < 1.29 is 17.9 Å². The fourth-order valence-corrected chi connectivity index (χ4v) is 4.57. The van der Waals surface area contributed by atoms with E-state index < -0.39 is 22.0 Å². The van der Waals surface area contributed by atoms with Crippen molar-refractivity contribution in [1.82, 2.24) is 4.72 Å². The number of nitrogens with zero attached hydrogens (tertiary/aromatic N) is 1. The van der Waals surface area contributed by atoms with Crippen LogP contribution in [-0.4, -0.2) is 20.9 Å². The van der Waals surface area contributed by atoms with Gasteiger partial charge in [-0.3, -0.25) is 4.79 Å². The highest BCUT2D eigenvalue weighted by Gasteiger charge is 2.27. The Hall–Kier alpha value is -2.21. The lowest BCUT2D eigenvalue weighted by molar-refractivity contribution is -0.122. The zero-order valence-electron chi connectivity index (χ0n) is 12.6. The molecule has 0 unspecified atom stereocenters. The molecular weight excluding hydrogens is 348 g/mol. The van der Waals surface area contributed by atoms with E-state index in [-0.39, 0.29) is 16.9 Å². The van der Waals surface area contributed by atoms with Crippen LogP contribution in [0.5, 0.6) is 0 Å². The summed E-state index contributed by atoms with van der Waals surface area (Å²) < 4.78 is 32.2. The number of hydrogen-bond acceptors (Lipinski definition) is 6. The van der Waals surface area contributed by atoms with Crippen molar-refractivity contribution in [2.75, 3.05) is 6.61 Å². The number of amides is 1. The molecule has 1 aliphatic rings. The summed E-state index contributed by atoms with van der Waals surface area (Å²) in [5.41, 5.74) is 1.36. The fraction of sp³-hybridized carbons (Fsp3) is 0.250. The molecule has 0 fully saturated rings. The monoisotopic (exact) mass is 362 g/mol. The second kappa shape index (κ2) is 6.73. The molecule has 1 atom stereocenters. The maximum absolute atomic E-state index is 12.3. The number of thiophene rings is 1. The molecule has 2 aromatic rings. The Morgan fingerprint density at radius 3 is 3.04 bits per heavy atom. The number of sulfonamides is 1. The average Bonchev–Trinajstić information content (AvgIpc) is 3.04. The molecule has 6 nitrogen and oxygen atoms in total. The summed E-state index contributed by atoms with van der Waals surface area (Å²) in [6, 6.07) is 9.39. The molecule has 24 heavy (non-hydrogen) atoms. The van der Waals surface area contributed by atoms with Crippen molar-refractivity contribution in [2.45, 2.75) is 23.8 Å². The first-order valence-corrected chi connectivity index (χ1v) is 9.59. The van der Waals surface area contributed by atoms with Crippen molar-refractivity contribution in [3.63, 3.8) is 0 Å². The Labute approximate surface area is 143 Å². The molecule has 0 aliphatic carbocycles. The number of hydrogen-bond donors (Lipinski definition) is 1. The first-order chi connectivity index (χ1) is 11.5. The molecular formula is C16H14N2O4S2. The van der Waals surface area contributed by atoms with Crippen molar-refractivity contribution in [3.8, 4) is 6.07 Å². The number of carbonyl (C=O) groups excluding carboxylic acids is 1. The highest BCUT2D eigenvalue weighted by atomic mass is 32.2. The second-order valence-corrected chi connectivity index (χ2v) is 7.92. The Balaban J connectivity index is 1.72. The highest BCUT2D eigenvalue weighted by molar-refractivity contribution is 7.90. The SMILES string of the molecule is N#Cc1cccc(S(=O)(=O)NC(=O)C[C@@H]2OCCc3ccsc32)c1. The van der Waals surface area contributed by atoms with Crippen LogP contribution in [0.2, 0.25) is 0 Å². The van der Waals surface area contributed by atoms with Gasteiger partial charge < -0.3 is 4.74 Å². The Morgan fingerprint density at radius 2 is 2.25 bits per heavy atom. The lowest BCUT2D eigenvalue weighted by Gasteiger charge is -2.22. The van der Waals surface area contributed by atoms with Gasteiger partial charge in [-0.2, -0.15) is 5.26 Å². The van der Waals surface area contributed by atoms with Crippen LogP contribution in [0.1, 0.15) is 28.5 Å². The second-order valence-electron chi connectivity index (χ2n) is 5.29. The molecule has 0 spiro atoms. The van der Waals surface area contributed by atoms with E-state index >= 15 is 0 Å². The summed E-state index contributed by atoms with van der Waals surface area (Å²) in [6.45, 7) is 0.513. The number of nitriles is 1. The third kappa shape index (κ3) is 3.48. The molecule has 1 amide bonds. The summed E-state index contributed by atoms with van der Waals surface area (Å²) in [6.07, 6.45) is 0.315. The van der Waals surface area contributed by atoms with E-state index in [4.69, 9.17) is 10.00 Å². The lowest BCUT2D eigenvalue weighted by atomic mass is 10.1. The van der Waals surface area contributed by atoms with Crippen LogP contribution < -0.4 is 4.72 Å². The van der Waals surface area contributed by atoms with Gasteiger partial charge in [0.25, 0.3) is 10.0 Å². The summed E-state index contributed by atoms with van der Waals surface area (Å²) in [5, 5.41) is 10.8. The number of carbonyl (C=O) groups is 1. The average molecular weight is 362 g/mol. The van der Waals surface area contributed by atoms with Gasteiger partial charge in [-0.25, -0.2) is 13.1 Å². The van der Waals surface area contributed by atoms with Gasteiger partial charge in [0.2, 0.25) is 5.91 Å². The van der Waals surface area contributed by atoms with Gasteiger partial charge in [0, 0.05) is 4.88 Å². The molecule has 1 aromatic heterocycles. The molecule has 1 aromatic carbocycles. The van der Waals surface area contributed by atoms with Crippen LogP contribution in [0.3, 0.4) is 0 Å². The van der Waals surface area contributed by atoms with Gasteiger partial charge in [-0.05, 0) is 41.6 Å².